The predicted octanol–water partition coefficient (Wildman–Crippen LogP) is 8.46. The van der Waals surface area contributed by atoms with E-state index in [0.29, 0.717) is 36.8 Å². The van der Waals surface area contributed by atoms with Gasteiger partial charge in [-0.25, -0.2) is 22.0 Å². The van der Waals surface area contributed by atoms with Crippen molar-refractivity contribution in [2.75, 3.05) is 0 Å². The minimum atomic E-state index is -2.35. The van der Waals surface area contributed by atoms with Crippen LogP contribution in [-0.2, 0) is 19.4 Å². The molecule has 1 aliphatic carbocycles. The second kappa shape index (κ2) is 10.00. The van der Waals surface area contributed by atoms with Gasteiger partial charge in [-0.05, 0) is 47.6 Å². The molecule has 0 heterocycles. The quantitative estimate of drug-likeness (QED) is 0.236. The highest BCUT2D eigenvalue weighted by Crippen LogP contribution is 2.51. The predicted molar refractivity (Wildman–Crippen MR) is 123 cm³/mol. The van der Waals surface area contributed by atoms with Crippen molar-refractivity contribution in [2.24, 2.45) is 0 Å². The number of hydrogen-bond donors (Lipinski definition) is 0. The smallest absolute Gasteiger partial charge is 0.164 e. The molecular weight excluding hydrogens is 447 g/mol. The van der Waals surface area contributed by atoms with Gasteiger partial charge >= 0.3 is 0 Å². The number of allylic oxidation sites excluding steroid dienone is 1. The van der Waals surface area contributed by atoms with Crippen LogP contribution in [0.2, 0.25) is 0 Å². The number of hydrogen-bond acceptors (Lipinski definition) is 1. The monoisotopic (exact) mass is 472 g/mol. The number of benzene rings is 3. The van der Waals surface area contributed by atoms with Crippen LogP contribution in [0.4, 0.5) is 22.0 Å². The van der Waals surface area contributed by atoms with Gasteiger partial charge < -0.3 is 4.74 Å². The third kappa shape index (κ3) is 4.33. The molecule has 4 rings (SSSR count). The average Bonchev–Trinajstić information content (AvgIpc) is 2.82. The summed E-state index contributed by atoms with van der Waals surface area (Å²) >= 11 is 0. The molecule has 0 spiro atoms. The fourth-order valence-electron chi connectivity index (χ4n) is 4.39. The second-order valence-corrected chi connectivity index (χ2v) is 8.42. The van der Waals surface area contributed by atoms with Crippen molar-refractivity contribution in [1.82, 2.24) is 0 Å². The summed E-state index contributed by atoms with van der Waals surface area (Å²) in [6.07, 6.45) is -0.793. The van der Waals surface area contributed by atoms with Crippen molar-refractivity contribution in [3.05, 3.63) is 100 Å². The van der Waals surface area contributed by atoms with Gasteiger partial charge in [0.2, 0.25) is 0 Å². The van der Waals surface area contributed by atoms with E-state index in [1.165, 1.54) is 30.3 Å². The molecule has 0 saturated carbocycles. The molecule has 3 aromatic carbocycles. The molecule has 178 valence electrons. The lowest BCUT2D eigenvalue weighted by Gasteiger charge is -2.28. The molecule has 1 aliphatic rings. The van der Waals surface area contributed by atoms with Crippen molar-refractivity contribution in [2.45, 2.75) is 51.6 Å². The summed E-state index contributed by atoms with van der Waals surface area (Å²) in [6, 6.07) is 10.3. The van der Waals surface area contributed by atoms with Crippen LogP contribution < -0.4 is 4.74 Å². The van der Waals surface area contributed by atoms with Crippen molar-refractivity contribution < 1.29 is 26.7 Å². The highest BCUT2D eigenvalue weighted by molar-refractivity contribution is 5.76. The fourth-order valence-corrected chi connectivity index (χ4v) is 4.39. The van der Waals surface area contributed by atoms with Crippen LogP contribution in [-0.4, -0.2) is 0 Å². The highest BCUT2D eigenvalue weighted by atomic mass is 19.2. The first-order chi connectivity index (χ1) is 16.4. The summed E-state index contributed by atoms with van der Waals surface area (Å²) in [5, 5.41) is 0. The molecule has 0 bridgehead atoms. The Hall–Kier alpha value is -3.15. The van der Waals surface area contributed by atoms with Crippen LogP contribution in [0, 0.1) is 17.5 Å². The molecule has 0 amide bonds. The molecule has 3 aromatic rings. The van der Waals surface area contributed by atoms with Crippen molar-refractivity contribution in [3.8, 4) is 16.9 Å². The van der Waals surface area contributed by atoms with Crippen LogP contribution in [0.5, 0.6) is 5.75 Å². The van der Waals surface area contributed by atoms with Gasteiger partial charge in [0.25, 0.3) is 0 Å². The van der Waals surface area contributed by atoms with Gasteiger partial charge in [-0.3, -0.25) is 0 Å². The Labute approximate surface area is 195 Å². The molecule has 0 N–H and O–H groups in total. The second-order valence-electron chi connectivity index (χ2n) is 8.42. The van der Waals surface area contributed by atoms with Gasteiger partial charge in [-0.1, -0.05) is 49.8 Å². The van der Waals surface area contributed by atoms with Crippen LogP contribution in [0.15, 0.2) is 55.1 Å². The third-order valence-electron chi connectivity index (χ3n) is 6.17. The van der Waals surface area contributed by atoms with Crippen LogP contribution in [0.3, 0.4) is 0 Å². The number of aryl methyl sites for hydroxylation is 2. The van der Waals surface area contributed by atoms with Gasteiger partial charge in [0, 0.05) is 22.8 Å². The van der Waals surface area contributed by atoms with E-state index in [1.54, 1.807) is 18.2 Å². The van der Waals surface area contributed by atoms with E-state index in [9.17, 15) is 8.78 Å². The molecule has 6 heteroatoms. The van der Waals surface area contributed by atoms with Crippen molar-refractivity contribution in [1.29, 1.82) is 0 Å². The Morgan fingerprint density at radius 3 is 2.00 bits per heavy atom. The zero-order valence-corrected chi connectivity index (χ0v) is 18.8. The molecule has 0 radical (unpaired) electrons. The van der Waals surface area contributed by atoms with Crippen molar-refractivity contribution >= 4 is 0 Å². The average molecular weight is 472 g/mol. The van der Waals surface area contributed by atoms with E-state index >= 15 is 13.2 Å². The first kappa shape index (κ1) is 24.0. The first-order valence-corrected chi connectivity index (χ1v) is 11.3. The third-order valence-corrected chi connectivity index (χ3v) is 6.17. The van der Waals surface area contributed by atoms with E-state index in [-0.39, 0.29) is 34.6 Å². The molecule has 2 atom stereocenters. The largest absolute Gasteiger partial charge is 0.489 e. The molecule has 2 unspecified atom stereocenters. The van der Waals surface area contributed by atoms with E-state index < -0.39 is 35.4 Å². The molecule has 34 heavy (non-hydrogen) atoms. The number of rotatable bonds is 8. The van der Waals surface area contributed by atoms with Gasteiger partial charge in [0.15, 0.2) is 12.3 Å². The Kier molecular flexibility index (Phi) is 7.05. The topological polar surface area (TPSA) is 9.23 Å². The van der Waals surface area contributed by atoms with Crippen LogP contribution in [0.1, 0.15) is 59.9 Å². The maximum absolute atomic E-state index is 15.3. The summed E-state index contributed by atoms with van der Waals surface area (Å²) < 4.78 is 80.0. The maximum Gasteiger partial charge on any atom is 0.164 e. The van der Waals surface area contributed by atoms with Gasteiger partial charge in [-0.15, -0.1) is 6.58 Å². The first-order valence-electron chi connectivity index (χ1n) is 11.3. The molecule has 0 fully saturated rings. The molecule has 0 aliphatic heterocycles. The fraction of sp³-hybridized carbons (Fsp3) is 0.286. The Morgan fingerprint density at radius 2 is 1.41 bits per heavy atom. The van der Waals surface area contributed by atoms with Crippen LogP contribution in [0.25, 0.3) is 11.1 Å². The molecule has 1 nitrogen and oxygen atoms in total. The summed E-state index contributed by atoms with van der Waals surface area (Å²) in [5.41, 5.74) is 0.282. The zero-order chi connectivity index (χ0) is 24.4. The minimum absolute atomic E-state index is 0.00346. The number of fused-ring (bicyclic) bond motifs is 3. The lowest BCUT2D eigenvalue weighted by Crippen LogP contribution is -2.17. The normalized spacial score (nSPS) is 16.6. The number of halogens is 5. The number of ether oxygens (including phenoxy) is 1. The maximum atomic E-state index is 15.3. The Morgan fingerprint density at radius 1 is 0.824 bits per heavy atom. The standard InChI is InChI=1S/C28H25F5O/c1-3-5-7-16-8-11-19(14-22(16)29)34-15-18-10-13-21-20-12-9-17(6-4-2)25(30)23(20)27(32)28(33)24(21)26(18)31/h3,8-14,27-28H,1,4-7,15H2,2H3. The molecule has 0 saturated heterocycles. The minimum Gasteiger partial charge on any atom is -0.489 e. The SMILES string of the molecule is C=CCCc1ccc(OCc2ccc3c(c2F)C(F)C(F)c2c-3ccc(CCC)c2F)cc1F. The van der Waals surface area contributed by atoms with E-state index in [4.69, 9.17) is 4.74 Å². The van der Waals surface area contributed by atoms with E-state index in [0.717, 1.165) is 0 Å². The highest BCUT2D eigenvalue weighted by Gasteiger charge is 2.39. The summed E-state index contributed by atoms with van der Waals surface area (Å²) in [6.45, 7) is 5.18. The lowest BCUT2D eigenvalue weighted by molar-refractivity contribution is 0.159. The lowest BCUT2D eigenvalue weighted by atomic mass is 9.81. The van der Waals surface area contributed by atoms with Crippen molar-refractivity contribution in [3.63, 3.8) is 0 Å². The number of alkyl halides is 2. The Bertz CT molecular complexity index is 1220. The van der Waals surface area contributed by atoms with E-state index in [2.05, 4.69) is 6.58 Å². The summed E-state index contributed by atoms with van der Waals surface area (Å²) in [5.74, 6) is -1.98. The van der Waals surface area contributed by atoms with Gasteiger partial charge in [0.05, 0.1) is 0 Å². The molecular formula is C28H25F5O. The Balaban J connectivity index is 1.63. The van der Waals surface area contributed by atoms with Gasteiger partial charge in [-0.2, -0.15) is 0 Å². The van der Waals surface area contributed by atoms with Gasteiger partial charge in [0.1, 0.15) is 29.8 Å². The molecule has 0 aromatic heterocycles. The summed E-state index contributed by atoms with van der Waals surface area (Å²) in [4.78, 5) is 0. The van der Waals surface area contributed by atoms with E-state index in [1.807, 2.05) is 6.92 Å². The van der Waals surface area contributed by atoms with Crippen LogP contribution >= 0.6 is 0 Å². The zero-order valence-electron chi connectivity index (χ0n) is 18.8. The summed E-state index contributed by atoms with van der Waals surface area (Å²) in [7, 11) is 0.